The molecule has 5 heteroatoms. The quantitative estimate of drug-likeness (QED) is 0.763. The third kappa shape index (κ3) is 4.78. The number of aliphatic hydroxyl groups excluding tert-OH is 1. The first-order valence-electron chi connectivity index (χ1n) is 8.05. The fraction of sp³-hybridized carbons (Fsp3) is 0.200. The molecule has 0 bridgehead atoms. The van der Waals surface area contributed by atoms with Gasteiger partial charge in [-0.1, -0.05) is 30.3 Å². The fourth-order valence-electron chi connectivity index (χ4n) is 2.41. The molecule has 130 valence electrons. The van der Waals surface area contributed by atoms with E-state index >= 15 is 0 Å². The molecule has 2 N–H and O–H groups in total. The monoisotopic (exact) mass is 338 g/mol. The van der Waals surface area contributed by atoms with Gasteiger partial charge in [0.25, 0.3) is 11.8 Å². The van der Waals surface area contributed by atoms with Gasteiger partial charge >= 0.3 is 0 Å². The molecule has 2 aromatic rings. The predicted molar refractivity (Wildman–Crippen MR) is 98.8 cm³/mol. The van der Waals surface area contributed by atoms with E-state index in [2.05, 4.69) is 11.9 Å². The average Bonchev–Trinajstić information content (AvgIpc) is 2.63. The fourth-order valence-corrected chi connectivity index (χ4v) is 2.41. The Kier molecular flexibility index (Phi) is 6.48. The molecule has 0 saturated carbocycles. The molecule has 25 heavy (non-hydrogen) atoms. The van der Waals surface area contributed by atoms with Crippen LogP contribution in [-0.2, 0) is 0 Å². The molecule has 0 spiro atoms. The zero-order chi connectivity index (χ0) is 18.2. The van der Waals surface area contributed by atoms with E-state index in [9.17, 15) is 9.59 Å². The molecule has 2 rings (SSSR count). The van der Waals surface area contributed by atoms with Crippen molar-refractivity contribution >= 4 is 17.5 Å². The second kappa shape index (κ2) is 8.80. The number of carbonyl (C=O) groups excluding carboxylic acids is 2. The highest BCUT2D eigenvalue weighted by Crippen LogP contribution is 2.19. The first-order valence-corrected chi connectivity index (χ1v) is 8.05. The summed E-state index contributed by atoms with van der Waals surface area (Å²) in [5, 5.41) is 12.0. The van der Waals surface area contributed by atoms with Gasteiger partial charge in [0.2, 0.25) is 0 Å². The summed E-state index contributed by atoms with van der Waals surface area (Å²) in [6, 6.07) is 14.1. The van der Waals surface area contributed by atoms with Crippen molar-refractivity contribution < 1.29 is 14.7 Å². The maximum Gasteiger partial charge on any atom is 0.255 e. The van der Waals surface area contributed by atoms with E-state index in [1.165, 1.54) is 4.90 Å². The van der Waals surface area contributed by atoms with E-state index in [0.717, 1.165) is 5.56 Å². The van der Waals surface area contributed by atoms with Crippen LogP contribution in [0.25, 0.3) is 0 Å². The Labute approximate surface area is 147 Å². The van der Waals surface area contributed by atoms with E-state index in [1.54, 1.807) is 48.5 Å². The number of hydrogen-bond donors (Lipinski definition) is 2. The van der Waals surface area contributed by atoms with E-state index in [4.69, 9.17) is 5.11 Å². The Morgan fingerprint density at radius 2 is 1.88 bits per heavy atom. The number of nitrogens with zero attached hydrogens (tertiary/aromatic N) is 1. The molecule has 2 amide bonds. The van der Waals surface area contributed by atoms with Gasteiger partial charge in [-0.05, 0) is 36.8 Å². The Balaban J connectivity index is 2.23. The molecule has 0 aromatic heterocycles. The molecular weight excluding hydrogens is 316 g/mol. The molecule has 5 nitrogen and oxygen atoms in total. The molecule has 0 heterocycles. The number of rotatable bonds is 7. The molecule has 0 aliphatic rings. The SMILES string of the molecule is C=CCN(CCO)C(=O)c1ccc(C)c(NC(=O)c2ccccc2)c1. The summed E-state index contributed by atoms with van der Waals surface area (Å²) in [6.07, 6.45) is 1.61. The smallest absolute Gasteiger partial charge is 0.255 e. The van der Waals surface area contributed by atoms with Gasteiger partial charge in [0, 0.05) is 29.9 Å². The normalized spacial score (nSPS) is 10.2. The van der Waals surface area contributed by atoms with Crippen LogP contribution in [0.1, 0.15) is 26.3 Å². The van der Waals surface area contributed by atoms with Crippen LogP contribution < -0.4 is 5.32 Å². The lowest BCUT2D eigenvalue weighted by molar-refractivity contribution is 0.0742. The van der Waals surface area contributed by atoms with E-state index in [1.807, 2.05) is 13.0 Å². The van der Waals surface area contributed by atoms with Crippen LogP contribution in [0.5, 0.6) is 0 Å². The molecule has 2 aromatic carbocycles. The van der Waals surface area contributed by atoms with Crippen LogP contribution in [-0.4, -0.2) is 41.5 Å². The largest absolute Gasteiger partial charge is 0.395 e. The average molecular weight is 338 g/mol. The number of amides is 2. The molecule has 0 aliphatic heterocycles. The van der Waals surface area contributed by atoms with Crippen LogP contribution in [0, 0.1) is 6.92 Å². The molecule has 0 radical (unpaired) electrons. The number of carbonyl (C=O) groups is 2. The van der Waals surface area contributed by atoms with Crippen molar-refractivity contribution in [2.45, 2.75) is 6.92 Å². The third-order valence-corrected chi connectivity index (χ3v) is 3.78. The lowest BCUT2D eigenvalue weighted by atomic mass is 10.1. The maximum absolute atomic E-state index is 12.6. The number of anilines is 1. The minimum absolute atomic E-state index is 0.122. The lowest BCUT2D eigenvalue weighted by Crippen LogP contribution is -2.33. The van der Waals surface area contributed by atoms with Crippen molar-refractivity contribution in [2.75, 3.05) is 25.0 Å². The van der Waals surface area contributed by atoms with Gasteiger partial charge in [-0.25, -0.2) is 0 Å². The van der Waals surface area contributed by atoms with Gasteiger partial charge in [0.05, 0.1) is 6.61 Å². The maximum atomic E-state index is 12.6. The van der Waals surface area contributed by atoms with Gasteiger partial charge in [0.1, 0.15) is 0 Å². The van der Waals surface area contributed by atoms with Crippen molar-refractivity contribution in [2.24, 2.45) is 0 Å². The second-order valence-electron chi connectivity index (χ2n) is 5.61. The number of aryl methyl sites for hydroxylation is 1. The second-order valence-corrected chi connectivity index (χ2v) is 5.61. The first kappa shape index (κ1) is 18.4. The number of nitrogens with one attached hydrogen (secondary N) is 1. The summed E-state index contributed by atoms with van der Waals surface area (Å²) in [4.78, 5) is 26.4. The summed E-state index contributed by atoms with van der Waals surface area (Å²) >= 11 is 0. The summed E-state index contributed by atoms with van der Waals surface area (Å²) in [6.45, 7) is 5.95. The number of benzene rings is 2. The predicted octanol–water partition coefficient (Wildman–Crippen LogP) is 2.87. The van der Waals surface area contributed by atoms with Gasteiger partial charge in [-0.15, -0.1) is 6.58 Å². The molecule has 0 aliphatic carbocycles. The lowest BCUT2D eigenvalue weighted by Gasteiger charge is -2.20. The highest BCUT2D eigenvalue weighted by molar-refractivity contribution is 6.05. The summed E-state index contributed by atoms with van der Waals surface area (Å²) in [5.74, 6) is -0.448. The van der Waals surface area contributed by atoms with E-state index in [0.29, 0.717) is 23.4 Å². The van der Waals surface area contributed by atoms with Crippen molar-refractivity contribution in [3.63, 3.8) is 0 Å². The van der Waals surface area contributed by atoms with E-state index < -0.39 is 0 Å². The minimum Gasteiger partial charge on any atom is -0.395 e. The van der Waals surface area contributed by atoms with Gasteiger partial charge < -0.3 is 15.3 Å². The summed E-state index contributed by atoms with van der Waals surface area (Å²) in [5.41, 5.74) is 2.44. The third-order valence-electron chi connectivity index (χ3n) is 3.78. The summed E-state index contributed by atoms with van der Waals surface area (Å²) < 4.78 is 0. The Bertz CT molecular complexity index is 757. The zero-order valence-corrected chi connectivity index (χ0v) is 14.2. The molecular formula is C20H22N2O3. The van der Waals surface area contributed by atoms with Crippen molar-refractivity contribution in [3.8, 4) is 0 Å². The van der Waals surface area contributed by atoms with Crippen LogP contribution in [0.15, 0.2) is 61.2 Å². The highest BCUT2D eigenvalue weighted by Gasteiger charge is 2.16. The summed E-state index contributed by atoms with van der Waals surface area (Å²) in [7, 11) is 0. The van der Waals surface area contributed by atoms with Crippen LogP contribution in [0.2, 0.25) is 0 Å². The Morgan fingerprint density at radius 3 is 2.52 bits per heavy atom. The zero-order valence-electron chi connectivity index (χ0n) is 14.2. The van der Waals surface area contributed by atoms with Crippen LogP contribution in [0.4, 0.5) is 5.69 Å². The Hall–Kier alpha value is -2.92. The number of aliphatic hydroxyl groups is 1. The Morgan fingerprint density at radius 1 is 1.16 bits per heavy atom. The van der Waals surface area contributed by atoms with Crippen molar-refractivity contribution in [1.82, 2.24) is 4.90 Å². The van der Waals surface area contributed by atoms with Gasteiger partial charge in [-0.2, -0.15) is 0 Å². The molecule has 0 saturated heterocycles. The van der Waals surface area contributed by atoms with Gasteiger partial charge in [-0.3, -0.25) is 9.59 Å². The first-order chi connectivity index (χ1) is 12.1. The molecule has 0 fully saturated rings. The minimum atomic E-state index is -0.230. The molecule has 0 unspecified atom stereocenters. The molecule has 0 atom stereocenters. The topological polar surface area (TPSA) is 69.6 Å². The number of hydrogen-bond acceptors (Lipinski definition) is 3. The van der Waals surface area contributed by atoms with E-state index in [-0.39, 0.29) is 25.0 Å². The van der Waals surface area contributed by atoms with Crippen molar-refractivity contribution in [3.05, 3.63) is 77.9 Å². The van der Waals surface area contributed by atoms with Gasteiger partial charge in [0.15, 0.2) is 0 Å². The van der Waals surface area contributed by atoms with Crippen LogP contribution >= 0.6 is 0 Å². The highest BCUT2D eigenvalue weighted by atomic mass is 16.3. The van der Waals surface area contributed by atoms with Crippen LogP contribution in [0.3, 0.4) is 0 Å². The standard InChI is InChI=1S/C20H22N2O3/c1-3-11-22(12-13-23)20(25)17-10-9-15(2)18(14-17)21-19(24)16-7-5-4-6-8-16/h3-10,14,23H,1,11-13H2,2H3,(H,21,24). The van der Waals surface area contributed by atoms with Crippen molar-refractivity contribution in [1.29, 1.82) is 0 Å².